The van der Waals surface area contributed by atoms with Crippen LogP contribution >= 0.6 is 0 Å². The number of hydrogen-bond donors (Lipinski definition) is 1. The summed E-state index contributed by atoms with van der Waals surface area (Å²) < 4.78 is 0. The molecular weight excluding hydrogens is 238 g/mol. The van der Waals surface area contributed by atoms with Crippen molar-refractivity contribution in [2.24, 2.45) is 0 Å². The second kappa shape index (κ2) is 6.17. The summed E-state index contributed by atoms with van der Waals surface area (Å²) in [5.74, 6) is 0.192. The summed E-state index contributed by atoms with van der Waals surface area (Å²) >= 11 is 0. The van der Waals surface area contributed by atoms with Crippen LogP contribution in [0.5, 0.6) is 0 Å². The summed E-state index contributed by atoms with van der Waals surface area (Å²) in [7, 11) is 2.08. The molecule has 0 radical (unpaired) electrons. The number of carbonyl (C=O) groups excluding carboxylic acids is 1. The smallest absolute Gasteiger partial charge is 0.238 e. The summed E-state index contributed by atoms with van der Waals surface area (Å²) in [6.07, 6.45) is 0.0268. The van der Waals surface area contributed by atoms with Gasteiger partial charge in [-0.3, -0.25) is 10.1 Å². The summed E-state index contributed by atoms with van der Waals surface area (Å²) in [4.78, 5) is 16.2. The van der Waals surface area contributed by atoms with E-state index < -0.39 is 0 Å². The zero-order valence-corrected chi connectivity index (χ0v) is 12.0. The third kappa shape index (κ3) is 3.14. The van der Waals surface area contributed by atoms with Crippen molar-refractivity contribution in [2.45, 2.75) is 20.0 Å². The van der Waals surface area contributed by atoms with Gasteiger partial charge in [-0.2, -0.15) is 0 Å². The second-order valence-electron chi connectivity index (χ2n) is 5.12. The molecule has 0 saturated carbocycles. The van der Waals surface area contributed by atoms with Crippen LogP contribution in [0.25, 0.3) is 0 Å². The van der Waals surface area contributed by atoms with Gasteiger partial charge in [-0.05, 0) is 31.6 Å². The number of likely N-dealkylation sites (N-methyl/N-ethyl adjacent to an activating group) is 1. The predicted molar refractivity (Wildman–Crippen MR) is 76.8 cm³/mol. The lowest BCUT2D eigenvalue weighted by atomic mass is 10.1. The minimum atomic E-state index is 0.0268. The van der Waals surface area contributed by atoms with Gasteiger partial charge in [-0.25, -0.2) is 0 Å². The molecule has 1 unspecified atom stereocenters. The molecule has 1 N–H and O–H groups in total. The van der Waals surface area contributed by atoms with E-state index in [4.69, 9.17) is 0 Å². The monoisotopic (exact) mass is 261 g/mol. The Morgan fingerprint density at radius 2 is 2.16 bits per heavy atom. The number of amides is 1. The van der Waals surface area contributed by atoms with E-state index in [0.717, 1.165) is 19.6 Å². The van der Waals surface area contributed by atoms with Crippen LogP contribution in [-0.4, -0.2) is 48.9 Å². The number of hydrogen-bond acceptors (Lipinski definition) is 3. The molecule has 1 aliphatic rings. The highest BCUT2D eigenvalue weighted by molar-refractivity contribution is 5.81. The van der Waals surface area contributed by atoms with Crippen LogP contribution in [0, 0.1) is 6.92 Å². The quantitative estimate of drug-likeness (QED) is 0.870. The molecule has 2 rings (SSSR count). The number of aryl methyl sites for hydroxylation is 1. The fourth-order valence-electron chi connectivity index (χ4n) is 2.40. The Labute approximate surface area is 115 Å². The van der Waals surface area contributed by atoms with Gasteiger partial charge in [-0.1, -0.05) is 31.2 Å². The van der Waals surface area contributed by atoms with Crippen molar-refractivity contribution in [1.29, 1.82) is 0 Å². The average molecular weight is 261 g/mol. The number of nitrogens with one attached hydrogen (secondary N) is 1. The van der Waals surface area contributed by atoms with Gasteiger partial charge in [0.2, 0.25) is 5.91 Å². The van der Waals surface area contributed by atoms with E-state index in [-0.39, 0.29) is 12.1 Å². The van der Waals surface area contributed by atoms with Crippen molar-refractivity contribution in [2.75, 3.05) is 33.2 Å². The molecule has 1 saturated heterocycles. The summed E-state index contributed by atoms with van der Waals surface area (Å²) in [6.45, 7) is 7.35. The van der Waals surface area contributed by atoms with Crippen LogP contribution in [0.1, 0.15) is 24.2 Å². The summed E-state index contributed by atoms with van der Waals surface area (Å²) in [6, 6.07) is 8.26. The first-order chi connectivity index (χ1) is 9.13. The fraction of sp³-hybridized carbons (Fsp3) is 0.533. The van der Waals surface area contributed by atoms with Crippen molar-refractivity contribution in [3.8, 4) is 0 Å². The predicted octanol–water partition coefficient (Wildman–Crippen LogP) is 1.38. The van der Waals surface area contributed by atoms with Crippen LogP contribution in [0.3, 0.4) is 0 Å². The number of benzene rings is 1. The van der Waals surface area contributed by atoms with Gasteiger partial charge < -0.3 is 9.80 Å². The molecule has 1 fully saturated rings. The average Bonchev–Trinajstić information content (AvgIpc) is 2.78. The van der Waals surface area contributed by atoms with E-state index in [1.165, 1.54) is 11.1 Å². The minimum Gasteiger partial charge on any atom is -0.321 e. The summed E-state index contributed by atoms with van der Waals surface area (Å²) in [5.41, 5.74) is 2.43. The van der Waals surface area contributed by atoms with Crippen LogP contribution in [-0.2, 0) is 4.79 Å². The molecule has 1 aromatic carbocycles. The van der Waals surface area contributed by atoms with Crippen molar-refractivity contribution >= 4 is 5.91 Å². The molecule has 1 atom stereocenters. The van der Waals surface area contributed by atoms with E-state index in [1.54, 1.807) is 0 Å². The second-order valence-corrected chi connectivity index (χ2v) is 5.12. The molecule has 0 spiro atoms. The first-order valence-electron chi connectivity index (χ1n) is 6.90. The summed E-state index contributed by atoms with van der Waals surface area (Å²) in [5, 5.41) is 3.31. The maximum absolute atomic E-state index is 12.0. The van der Waals surface area contributed by atoms with Gasteiger partial charge in [0, 0.05) is 13.1 Å². The molecule has 1 heterocycles. The van der Waals surface area contributed by atoms with Gasteiger partial charge >= 0.3 is 0 Å². The zero-order valence-electron chi connectivity index (χ0n) is 12.0. The number of carbonyl (C=O) groups is 1. The van der Waals surface area contributed by atoms with E-state index in [0.29, 0.717) is 6.54 Å². The largest absolute Gasteiger partial charge is 0.321 e. The first kappa shape index (κ1) is 14.0. The highest BCUT2D eigenvalue weighted by Gasteiger charge is 2.31. The number of rotatable bonds is 5. The molecule has 1 aromatic rings. The highest BCUT2D eigenvalue weighted by atomic mass is 16.2. The minimum absolute atomic E-state index is 0.0268. The molecule has 4 nitrogen and oxygen atoms in total. The molecule has 19 heavy (non-hydrogen) atoms. The standard InChI is InChI=1S/C15H23N3O/c1-4-17(3)9-10-18-14(19)11-16-15(18)13-8-6-5-7-12(13)2/h5-8,15-16H,4,9-11H2,1-3H3. The Morgan fingerprint density at radius 1 is 1.42 bits per heavy atom. The van der Waals surface area contributed by atoms with Gasteiger partial charge in [0.05, 0.1) is 6.54 Å². The third-order valence-electron chi connectivity index (χ3n) is 3.82. The Bertz CT molecular complexity index is 447. The van der Waals surface area contributed by atoms with Gasteiger partial charge in [0.25, 0.3) is 0 Å². The lowest BCUT2D eigenvalue weighted by Crippen LogP contribution is -2.37. The maximum atomic E-state index is 12.0. The van der Waals surface area contributed by atoms with Crippen LogP contribution in [0.2, 0.25) is 0 Å². The zero-order chi connectivity index (χ0) is 13.8. The maximum Gasteiger partial charge on any atom is 0.238 e. The molecule has 0 aliphatic carbocycles. The SMILES string of the molecule is CCN(C)CCN1C(=O)CNC1c1ccccc1C. The molecule has 1 amide bonds. The topological polar surface area (TPSA) is 35.6 Å². The molecule has 0 bridgehead atoms. The Hall–Kier alpha value is -1.39. The Balaban J connectivity index is 2.11. The highest BCUT2D eigenvalue weighted by Crippen LogP contribution is 2.24. The lowest BCUT2D eigenvalue weighted by molar-refractivity contribution is -0.128. The van der Waals surface area contributed by atoms with Crippen molar-refractivity contribution in [3.05, 3.63) is 35.4 Å². The van der Waals surface area contributed by atoms with Crippen LogP contribution in [0.4, 0.5) is 0 Å². The molecule has 0 aromatic heterocycles. The van der Waals surface area contributed by atoms with Crippen LogP contribution in [0.15, 0.2) is 24.3 Å². The molecule has 1 aliphatic heterocycles. The lowest BCUT2D eigenvalue weighted by Gasteiger charge is -2.27. The molecule has 4 heteroatoms. The Kier molecular flexibility index (Phi) is 4.56. The first-order valence-corrected chi connectivity index (χ1v) is 6.90. The third-order valence-corrected chi connectivity index (χ3v) is 3.82. The van der Waals surface area contributed by atoms with Crippen molar-refractivity contribution in [1.82, 2.24) is 15.1 Å². The van der Waals surface area contributed by atoms with Crippen LogP contribution < -0.4 is 5.32 Å². The van der Waals surface area contributed by atoms with Gasteiger partial charge in [0.15, 0.2) is 0 Å². The van der Waals surface area contributed by atoms with E-state index in [1.807, 2.05) is 17.0 Å². The number of nitrogens with zero attached hydrogens (tertiary/aromatic N) is 2. The van der Waals surface area contributed by atoms with Gasteiger partial charge in [-0.15, -0.1) is 0 Å². The van der Waals surface area contributed by atoms with Crippen molar-refractivity contribution < 1.29 is 4.79 Å². The van der Waals surface area contributed by atoms with E-state index in [9.17, 15) is 4.79 Å². The van der Waals surface area contributed by atoms with Gasteiger partial charge in [0.1, 0.15) is 6.17 Å². The molecule has 104 valence electrons. The van der Waals surface area contributed by atoms with E-state index in [2.05, 4.69) is 43.2 Å². The normalized spacial score (nSPS) is 19.5. The Morgan fingerprint density at radius 3 is 2.84 bits per heavy atom. The van der Waals surface area contributed by atoms with E-state index >= 15 is 0 Å². The molecular formula is C15H23N3O. The fourth-order valence-corrected chi connectivity index (χ4v) is 2.40. The van der Waals surface area contributed by atoms with Crippen molar-refractivity contribution in [3.63, 3.8) is 0 Å².